The minimum absolute atomic E-state index is 0.262. The number of aryl methyl sites for hydroxylation is 1. The molecule has 1 N–H and O–H groups in total. The molecule has 1 aromatic rings. The number of benzene rings is 1. The highest BCUT2D eigenvalue weighted by Crippen LogP contribution is 2.32. The summed E-state index contributed by atoms with van der Waals surface area (Å²) in [5.74, 6) is 0. The van der Waals surface area contributed by atoms with Gasteiger partial charge in [-0.1, -0.05) is 6.07 Å². The van der Waals surface area contributed by atoms with Gasteiger partial charge in [0.2, 0.25) is 0 Å². The molecule has 5 heteroatoms. The Bertz CT molecular complexity index is 435. The van der Waals surface area contributed by atoms with Crippen LogP contribution in [0.4, 0.5) is 18.9 Å². The molecule has 0 spiro atoms. The van der Waals surface area contributed by atoms with Crippen LogP contribution in [0.5, 0.6) is 0 Å². The Labute approximate surface area is 111 Å². The highest BCUT2D eigenvalue weighted by atomic mass is 19.4. The van der Waals surface area contributed by atoms with Crippen molar-refractivity contribution in [3.05, 3.63) is 29.3 Å². The first-order valence-corrected chi connectivity index (χ1v) is 6.49. The summed E-state index contributed by atoms with van der Waals surface area (Å²) < 4.78 is 38.1. The molecule has 2 rings (SSSR count). The quantitative estimate of drug-likeness (QED) is 0.886. The molecule has 1 fully saturated rings. The van der Waals surface area contributed by atoms with Crippen molar-refractivity contribution in [1.82, 2.24) is 4.90 Å². The molecule has 1 heterocycles. The van der Waals surface area contributed by atoms with Crippen molar-refractivity contribution >= 4 is 5.69 Å². The Morgan fingerprint density at radius 3 is 2.42 bits per heavy atom. The standard InChI is InChI=1S/C14H19F3N2/c1-10-3-4-11(14(15,16)17)9-13(10)18-12-5-7-19(2)8-6-12/h3-4,9,12,18H,5-8H2,1-2H3. The van der Waals surface area contributed by atoms with Crippen LogP contribution in [0.2, 0.25) is 0 Å². The smallest absolute Gasteiger partial charge is 0.382 e. The molecule has 1 aliphatic rings. The van der Waals surface area contributed by atoms with Crippen LogP contribution in [0, 0.1) is 6.92 Å². The fourth-order valence-electron chi connectivity index (χ4n) is 2.33. The van der Waals surface area contributed by atoms with E-state index in [1.807, 2.05) is 6.92 Å². The monoisotopic (exact) mass is 272 g/mol. The topological polar surface area (TPSA) is 15.3 Å². The van der Waals surface area contributed by atoms with Crippen LogP contribution >= 0.6 is 0 Å². The van der Waals surface area contributed by atoms with Gasteiger partial charge >= 0.3 is 6.18 Å². The van der Waals surface area contributed by atoms with E-state index in [-0.39, 0.29) is 6.04 Å². The zero-order valence-electron chi connectivity index (χ0n) is 11.2. The minimum Gasteiger partial charge on any atom is -0.382 e. The Kier molecular flexibility index (Phi) is 4.04. The lowest BCUT2D eigenvalue weighted by molar-refractivity contribution is -0.137. The van der Waals surface area contributed by atoms with E-state index in [1.54, 1.807) is 0 Å². The maximum Gasteiger partial charge on any atom is 0.416 e. The summed E-state index contributed by atoms with van der Waals surface area (Å²) in [6.07, 6.45) is -2.35. The Hall–Kier alpha value is -1.23. The number of nitrogens with one attached hydrogen (secondary N) is 1. The summed E-state index contributed by atoms with van der Waals surface area (Å²) in [5, 5.41) is 3.26. The molecule has 0 aliphatic carbocycles. The van der Waals surface area contributed by atoms with Crippen LogP contribution in [0.15, 0.2) is 18.2 Å². The van der Waals surface area contributed by atoms with Crippen molar-refractivity contribution in [2.24, 2.45) is 0 Å². The number of nitrogens with zero attached hydrogens (tertiary/aromatic N) is 1. The lowest BCUT2D eigenvalue weighted by Gasteiger charge is -2.30. The summed E-state index contributed by atoms with van der Waals surface area (Å²) in [4.78, 5) is 2.23. The van der Waals surface area contributed by atoms with Gasteiger partial charge in [-0.25, -0.2) is 0 Å². The third-order valence-corrected chi connectivity index (χ3v) is 3.64. The molecular weight excluding hydrogens is 253 g/mol. The number of anilines is 1. The molecule has 2 nitrogen and oxygen atoms in total. The van der Waals surface area contributed by atoms with E-state index in [0.717, 1.165) is 37.6 Å². The highest BCUT2D eigenvalue weighted by molar-refractivity contribution is 5.54. The normalized spacial score (nSPS) is 18.6. The van der Waals surface area contributed by atoms with E-state index in [4.69, 9.17) is 0 Å². The fraction of sp³-hybridized carbons (Fsp3) is 0.571. The van der Waals surface area contributed by atoms with Crippen molar-refractivity contribution in [2.45, 2.75) is 32.0 Å². The van der Waals surface area contributed by atoms with E-state index in [1.165, 1.54) is 12.1 Å². The molecule has 0 radical (unpaired) electrons. The van der Waals surface area contributed by atoms with Gasteiger partial charge in [-0.2, -0.15) is 13.2 Å². The van der Waals surface area contributed by atoms with Gasteiger partial charge in [0.15, 0.2) is 0 Å². The Morgan fingerprint density at radius 1 is 1.21 bits per heavy atom. The first-order valence-electron chi connectivity index (χ1n) is 6.49. The van der Waals surface area contributed by atoms with Crippen molar-refractivity contribution < 1.29 is 13.2 Å². The van der Waals surface area contributed by atoms with Gasteiger partial charge in [-0.15, -0.1) is 0 Å². The third-order valence-electron chi connectivity index (χ3n) is 3.64. The number of halogens is 3. The van der Waals surface area contributed by atoms with Crippen LogP contribution < -0.4 is 5.32 Å². The molecule has 1 saturated heterocycles. The number of piperidine rings is 1. The average Bonchev–Trinajstić information content (AvgIpc) is 2.33. The predicted octanol–water partition coefficient (Wildman–Crippen LogP) is 3.52. The SMILES string of the molecule is Cc1ccc(C(F)(F)F)cc1NC1CCN(C)CC1. The van der Waals surface area contributed by atoms with Gasteiger partial charge in [-0.3, -0.25) is 0 Å². The summed E-state index contributed by atoms with van der Waals surface area (Å²) in [5.41, 5.74) is 0.866. The fourth-order valence-corrected chi connectivity index (χ4v) is 2.33. The molecule has 1 aliphatic heterocycles. The second kappa shape index (κ2) is 5.41. The van der Waals surface area contributed by atoms with Gasteiger partial charge in [0.25, 0.3) is 0 Å². The van der Waals surface area contributed by atoms with Crippen LogP contribution in [-0.4, -0.2) is 31.1 Å². The summed E-state index contributed by atoms with van der Waals surface area (Å²) in [6, 6.07) is 4.14. The highest BCUT2D eigenvalue weighted by Gasteiger charge is 2.31. The minimum atomic E-state index is -4.28. The number of likely N-dealkylation sites (tertiary alicyclic amines) is 1. The van der Waals surface area contributed by atoms with E-state index in [2.05, 4.69) is 17.3 Å². The zero-order chi connectivity index (χ0) is 14.0. The van der Waals surface area contributed by atoms with Gasteiger partial charge in [0.05, 0.1) is 5.56 Å². The molecule has 0 atom stereocenters. The summed E-state index contributed by atoms with van der Waals surface area (Å²) in [6.45, 7) is 3.79. The van der Waals surface area contributed by atoms with Crippen molar-refractivity contribution in [3.63, 3.8) is 0 Å². The van der Waals surface area contributed by atoms with Gasteiger partial charge in [-0.05, 0) is 57.6 Å². The van der Waals surface area contributed by atoms with E-state index >= 15 is 0 Å². The molecular formula is C14H19F3N2. The van der Waals surface area contributed by atoms with Crippen LogP contribution in [0.3, 0.4) is 0 Å². The number of rotatable bonds is 2. The maximum absolute atomic E-state index is 12.7. The van der Waals surface area contributed by atoms with Crippen molar-refractivity contribution in [1.29, 1.82) is 0 Å². The average molecular weight is 272 g/mol. The first-order chi connectivity index (χ1) is 8.86. The largest absolute Gasteiger partial charge is 0.416 e. The Morgan fingerprint density at radius 2 is 1.84 bits per heavy atom. The molecule has 0 aromatic heterocycles. The van der Waals surface area contributed by atoms with Crippen molar-refractivity contribution in [2.75, 3.05) is 25.5 Å². The van der Waals surface area contributed by atoms with E-state index < -0.39 is 11.7 Å². The van der Waals surface area contributed by atoms with Crippen LogP contribution in [-0.2, 0) is 6.18 Å². The second-order valence-corrected chi connectivity index (χ2v) is 5.25. The molecule has 0 unspecified atom stereocenters. The number of hydrogen-bond donors (Lipinski definition) is 1. The van der Waals surface area contributed by atoms with Crippen LogP contribution in [0.25, 0.3) is 0 Å². The number of hydrogen-bond acceptors (Lipinski definition) is 2. The van der Waals surface area contributed by atoms with Gasteiger partial charge < -0.3 is 10.2 Å². The second-order valence-electron chi connectivity index (χ2n) is 5.25. The lowest BCUT2D eigenvalue weighted by atomic mass is 10.0. The van der Waals surface area contributed by atoms with Crippen LogP contribution in [0.1, 0.15) is 24.0 Å². The van der Waals surface area contributed by atoms with E-state index in [0.29, 0.717) is 5.69 Å². The summed E-state index contributed by atoms with van der Waals surface area (Å²) >= 11 is 0. The van der Waals surface area contributed by atoms with Crippen molar-refractivity contribution in [3.8, 4) is 0 Å². The third kappa shape index (κ3) is 3.62. The summed E-state index contributed by atoms with van der Waals surface area (Å²) in [7, 11) is 2.06. The molecule has 1 aromatic carbocycles. The molecule has 106 valence electrons. The Balaban J connectivity index is 2.11. The van der Waals surface area contributed by atoms with Gasteiger partial charge in [0.1, 0.15) is 0 Å². The zero-order valence-corrected chi connectivity index (χ0v) is 11.2. The molecule has 19 heavy (non-hydrogen) atoms. The predicted molar refractivity (Wildman–Crippen MR) is 70.3 cm³/mol. The molecule has 0 saturated carbocycles. The van der Waals surface area contributed by atoms with Gasteiger partial charge in [0, 0.05) is 11.7 Å². The maximum atomic E-state index is 12.7. The number of alkyl halides is 3. The first kappa shape index (κ1) is 14.2. The van der Waals surface area contributed by atoms with E-state index in [9.17, 15) is 13.2 Å². The lowest BCUT2D eigenvalue weighted by Crippen LogP contribution is -2.36. The molecule has 0 amide bonds. The molecule has 0 bridgehead atoms.